The number of amides is 1. The lowest BCUT2D eigenvalue weighted by Gasteiger charge is -2.46. The number of hydrogen-bond acceptors (Lipinski definition) is 5. The van der Waals surface area contributed by atoms with Gasteiger partial charge in [0, 0.05) is 57.5 Å². The average molecular weight is 394 g/mol. The van der Waals surface area contributed by atoms with E-state index in [4.69, 9.17) is 4.74 Å². The Morgan fingerprint density at radius 1 is 1.25 bits per heavy atom. The van der Waals surface area contributed by atoms with Gasteiger partial charge in [0.1, 0.15) is 0 Å². The number of aliphatic hydroxyl groups excluding tert-OH is 1. The highest BCUT2D eigenvalue weighted by Crippen LogP contribution is 2.28. The van der Waals surface area contributed by atoms with Crippen molar-refractivity contribution in [2.45, 2.75) is 25.3 Å². The molecule has 1 amide bonds. The van der Waals surface area contributed by atoms with Crippen molar-refractivity contribution in [1.82, 2.24) is 14.7 Å². The number of carbonyl (C=O) groups is 1. The lowest BCUT2D eigenvalue weighted by molar-refractivity contribution is 0.0217. The lowest BCUT2D eigenvalue weighted by atomic mass is 9.86. The molecule has 156 valence electrons. The van der Waals surface area contributed by atoms with Gasteiger partial charge >= 0.3 is 0 Å². The highest BCUT2D eigenvalue weighted by molar-refractivity contribution is 5.94. The summed E-state index contributed by atoms with van der Waals surface area (Å²) in [6.45, 7) is 5.74. The molecule has 3 rings (SSSR count). The second kappa shape index (κ2) is 9.67. The molecule has 2 atom stereocenters. The summed E-state index contributed by atoms with van der Waals surface area (Å²) in [6, 6.07) is 4.83. The first-order valence-electron chi connectivity index (χ1n) is 10.2. The predicted octanol–water partition coefficient (Wildman–Crippen LogP) is 1.68. The first-order valence-corrected chi connectivity index (χ1v) is 10.2. The Bertz CT molecular complexity index is 664. The van der Waals surface area contributed by atoms with E-state index in [0.29, 0.717) is 30.6 Å². The minimum absolute atomic E-state index is 0.132. The smallest absolute Gasteiger partial charge is 0.253 e. The third-order valence-electron chi connectivity index (χ3n) is 6.12. The number of carbonyl (C=O) groups excluding carboxylic acids is 1. The first kappa shape index (κ1) is 21.0. The molecule has 1 N–H and O–H groups in total. The van der Waals surface area contributed by atoms with Crippen LogP contribution in [0.5, 0.6) is 5.75 Å². The van der Waals surface area contributed by atoms with Gasteiger partial charge in [-0.3, -0.25) is 9.69 Å². The molecule has 1 aromatic rings. The molecule has 28 heavy (non-hydrogen) atoms. The van der Waals surface area contributed by atoms with Crippen molar-refractivity contribution in [3.8, 4) is 5.75 Å². The molecule has 0 aromatic heterocycles. The molecule has 7 heteroatoms. The summed E-state index contributed by atoms with van der Waals surface area (Å²) in [5, 5.41) is 9.31. The molecule has 0 bridgehead atoms. The Morgan fingerprint density at radius 2 is 2.00 bits per heavy atom. The van der Waals surface area contributed by atoms with Crippen molar-refractivity contribution in [2.24, 2.45) is 5.92 Å². The third-order valence-corrected chi connectivity index (χ3v) is 6.12. The molecule has 0 radical (unpaired) electrons. The molecule has 2 aliphatic heterocycles. The van der Waals surface area contributed by atoms with Crippen molar-refractivity contribution >= 4 is 5.91 Å². The summed E-state index contributed by atoms with van der Waals surface area (Å²) in [6.07, 6.45) is 2.56. The van der Waals surface area contributed by atoms with Crippen LogP contribution in [0.3, 0.4) is 0 Å². The van der Waals surface area contributed by atoms with E-state index in [1.807, 2.05) is 4.90 Å². The van der Waals surface area contributed by atoms with E-state index in [1.54, 1.807) is 6.07 Å². The van der Waals surface area contributed by atoms with E-state index in [9.17, 15) is 14.3 Å². The van der Waals surface area contributed by atoms with E-state index in [2.05, 4.69) is 16.8 Å². The fourth-order valence-corrected chi connectivity index (χ4v) is 4.46. The highest BCUT2D eigenvalue weighted by atomic mass is 19.1. The van der Waals surface area contributed by atoms with Crippen molar-refractivity contribution in [1.29, 1.82) is 0 Å². The number of likely N-dealkylation sites (N-methyl/N-ethyl adjacent to an activating group) is 1. The Morgan fingerprint density at radius 3 is 2.64 bits per heavy atom. The first-order chi connectivity index (χ1) is 13.5. The summed E-state index contributed by atoms with van der Waals surface area (Å²) >= 11 is 0. The van der Waals surface area contributed by atoms with Gasteiger partial charge in [0.25, 0.3) is 5.91 Å². The van der Waals surface area contributed by atoms with Gasteiger partial charge in [-0.05, 0) is 50.4 Å². The van der Waals surface area contributed by atoms with Crippen LogP contribution in [0.25, 0.3) is 0 Å². The summed E-state index contributed by atoms with van der Waals surface area (Å²) in [7, 11) is 3.56. The Hall–Kier alpha value is -1.70. The van der Waals surface area contributed by atoms with Crippen LogP contribution in [-0.4, -0.2) is 91.8 Å². The molecule has 0 spiro atoms. The van der Waals surface area contributed by atoms with Crippen molar-refractivity contribution < 1.29 is 19.0 Å². The second-order valence-electron chi connectivity index (χ2n) is 7.92. The molecule has 2 fully saturated rings. The van der Waals surface area contributed by atoms with E-state index < -0.39 is 5.82 Å². The van der Waals surface area contributed by atoms with Crippen LogP contribution >= 0.6 is 0 Å². The van der Waals surface area contributed by atoms with E-state index in [0.717, 1.165) is 45.4 Å². The topological polar surface area (TPSA) is 56.2 Å². The number of ether oxygens (including phenoxy) is 1. The maximum atomic E-state index is 14.0. The summed E-state index contributed by atoms with van der Waals surface area (Å²) in [5.74, 6) is -0.174. The minimum Gasteiger partial charge on any atom is -0.494 e. The standard InChI is InChI=1S/C21H32FN3O3/c1-23-9-11-24(12-10-23)19-7-8-25(15-17(19)4-3-13-26)21(27)16-5-6-20(28-2)18(22)14-16/h5-6,14,17,19,26H,3-4,7-13,15H2,1-2H3/t17-,19+/m1/s1. The minimum atomic E-state index is -0.516. The van der Waals surface area contributed by atoms with Crippen LogP contribution < -0.4 is 4.74 Å². The third kappa shape index (κ3) is 4.82. The normalized spacial score (nSPS) is 24.4. The van der Waals surface area contributed by atoms with E-state index >= 15 is 0 Å². The van der Waals surface area contributed by atoms with Gasteiger partial charge in [-0.15, -0.1) is 0 Å². The lowest BCUT2D eigenvalue weighted by Crippen LogP contribution is -2.56. The van der Waals surface area contributed by atoms with Crippen LogP contribution in [0.15, 0.2) is 18.2 Å². The van der Waals surface area contributed by atoms with Gasteiger partial charge in [0.05, 0.1) is 7.11 Å². The van der Waals surface area contributed by atoms with Crippen molar-refractivity contribution in [3.63, 3.8) is 0 Å². The largest absolute Gasteiger partial charge is 0.494 e. The average Bonchev–Trinajstić information content (AvgIpc) is 2.72. The van der Waals surface area contributed by atoms with Gasteiger partial charge in [-0.1, -0.05) is 0 Å². The maximum Gasteiger partial charge on any atom is 0.253 e. The SMILES string of the molecule is COc1ccc(C(=O)N2CC[C@H](N3CCN(C)CC3)[C@H](CCCO)C2)cc1F. The van der Waals surface area contributed by atoms with Crippen molar-refractivity contribution in [2.75, 3.05) is 60.0 Å². The van der Waals surface area contributed by atoms with E-state index in [1.165, 1.54) is 19.2 Å². The number of aliphatic hydroxyl groups is 1. The number of rotatable bonds is 6. The van der Waals surface area contributed by atoms with Gasteiger partial charge < -0.3 is 19.6 Å². The number of methoxy groups -OCH3 is 1. The summed E-state index contributed by atoms with van der Waals surface area (Å²) < 4.78 is 19.0. The molecular weight excluding hydrogens is 361 g/mol. The molecule has 0 aliphatic carbocycles. The molecule has 1 aromatic carbocycles. The Kier molecular flexibility index (Phi) is 7.26. The molecule has 0 unspecified atom stereocenters. The van der Waals surface area contributed by atoms with Gasteiger partial charge in [0.2, 0.25) is 0 Å². The fourth-order valence-electron chi connectivity index (χ4n) is 4.46. The highest BCUT2D eigenvalue weighted by Gasteiger charge is 2.35. The molecule has 0 saturated carbocycles. The van der Waals surface area contributed by atoms with Crippen LogP contribution in [0.2, 0.25) is 0 Å². The summed E-state index contributed by atoms with van der Waals surface area (Å²) in [4.78, 5) is 19.7. The van der Waals surface area contributed by atoms with Gasteiger partial charge in [-0.2, -0.15) is 0 Å². The Balaban J connectivity index is 1.69. The number of hydrogen-bond donors (Lipinski definition) is 1. The summed E-state index contributed by atoms with van der Waals surface area (Å²) in [5.41, 5.74) is 0.359. The molecule has 2 saturated heterocycles. The number of likely N-dealkylation sites (tertiary alicyclic amines) is 1. The maximum absolute atomic E-state index is 14.0. The number of halogens is 1. The number of piperidine rings is 1. The molecule has 2 aliphatic rings. The van der Waals surface area contributed by atoms with Gasteiger partial charge in [0.15, 0.2) is 11.6 Å². The zero-order chi connectivity index (χ0) is 20.1. The number of benzene rings is 1. The zero-order valence-electron chi connectivity index (χ0n) is 16.9. The number of nitrogens with zero attached hydrogens (tertiary/aromatic N) is 3. The van der Waals surface area contributed by atoms with E-state index in [-0.39, 0.29) is 18.3 Å². The van der Waals surface area contributed by atoms with Crippen molar-refractivity contribution in [3.05, 3.63) is 29.6 Å². The molecular formula is C21H32FN3O3. The monoisotopic (exact) mass is 393 g/mol. The predicted molar refractivity (Wildman–Crippen MR) is 106 cm³/mol. The zero-order valence-corrected chi connectivity index (χ0v) is 16.9. The molecule has 6 nitrogen and oxygen atoms in total. The quantitative estimate of drug-likeness (QED) is 0.797. The second-order valence-corrected chi connectivity index (χ2v) is 7.92. The van der Waals surface area contributed by atoms with Crippen LogP contribution in [0.1, 0.15) is 29.6 Å². The molecule has 2 heterocycles. The van der Waals surface area contributed by atoms with Crippen LogP contribution in [-0.2, 0) is 0 Å². The fraction of sp³-hybridized carbons (Fsp3) is 0.667. The van der Waals surface area contributed by atoms with Gasteiger partial charge in [-0.25, -0.2) is 4.39 Å². The Labute approximate surface area is 166 Å². The number of piperazine rings is 1. The van der Waals surface area contributed by atoms with Crippen LogP contribution in [0, 0.1) is 11.7 Å². The van der Waals surface area contributed by atoms with Crippen LogP contribution in [0.4, 0.5) is 4.39 Å².